The smallest absolute Gasteiger partial charge is 0.319 e. The number of anilines is 1. The van der Waals surface area contributed by atoms with Gasteiger partial charge in [-0.3, -0.25) is 4.98 Å². The van der Waals surface area contributed by atoms with E-state index in [-0.39, 0.29) is 10.9 Å². The maximum Gasteiger partial charge on any atom is 0.319 e. The standard InChI is InChI=1S/C16H20N4O3S/c1-2-9-19-24(22,23)15-5-3-14(4-6-15)20-16(21)18-12-13-7-10-17-11-8-13/h3-8,10-11,19H,2,9,12H2,1H3,(H2,18,20,21). The van der Waals surface area contributed by atoms with Crippen molar-refractivity contribution in [3.8, 4) is 0 Å². The van der Waals surface area contributed by atoms with Crippen molar-refractivity contribution in [2.45, 2.75) is 24.8 Å². The molecule has 0 saturated carbocycles. The number of hydrogen-bond acceptors (Lipinski definition) is 4. The monoisotopic (exact) mass is 348 g/mol. The molecule has 0 saturated heterocycles. The second-order valence-corrected chi connectivity index (χ2v) is 6.85. The third-order valence-corrected chi connectivity index (χ3v) is 4.64. The van der Waals surface area contributed by atoms with E-state index in [1.165, 1.54) is 12.1 Å². The molecule has 7 nitrogen and oxygen atoms in total. The van der Waals surface area contributed by atoms with Crippen LogP contribution in [0, 0.1) is 0 Å². The molecule has 0 unspecified atom stereocenters. The number of pyridine rings is 1. The van der Waals surface area contributed by atoms with Gasteiger partial charge in [-0.1, -0.05) is 6.92 Å². The van der Waals surface area contributed by atoms with Gasteiger partial charge in [0.05, 0.1) is 4.90 Å². The van der Waals surface area contributed by atoms with Crippen LogP contribution in [-0.4, -0.2) is 26.0 Å². The van der Waals surface area contributed by atoms with Gasteiger partial charge in [-0.15, -0.1) is 0 Å². The highest BCUT2D eigenvalue weighted by Gasteiger charge is 2.12. The van der Waals surface area contributed by atoms with Gasteiger partial charge in [-0.05, 0) is 48.4 Å². The van der Waals surface area contributed by atoms with Gasteiger partial charge in [0.25, 0.3) is 0 Å². The minimum absolute atomic E-state index is 0.165. The number of sulfonamides is 1. The van der Waals surface area contributed by atoms with Crippen LogP contribution in [0.15, 0.2) is 53.7 Å². The zero-order valence-electron chi connectivity index (χ0n) is 13.3. The third kappa shape index (κ3) is 5.32. The highest BCUT2D eigenvalue weighted by atomic mass is 32.2. The Balaban J connectivity index is 1.90. The van der Waals surface area contributed by atoms with E-state index in [4.69, 9.17) is 0 Å². The van der Waals surface area contributed by atoms with Crippen molar-refractivity contribution in [2.24, 2.45) is 0 Å². The highest BCUT2D eigenvalue weighted by Crippen LogP contribution is 2.14. The summed E-state index contributed by atoms with van der Waals surface area (Å²) in [5, 5.41) is 5.36. The normalized spacial score (nSPS) is 11.0. The first-order chi connectivity index (χ1) is 11.5. The first kappa shape index (κ1) is 17.9. The van der Waals surface area contributed by atoms with Crippen molar-refractivity contribution in [2.75, 3.05) is 11.9 Å². The lowest BCUT2D eigenvalue weighted by Gasteiger charge is -2.09. The highest BCUT2D eigenvalue weighted by molar-refractivity contribution is 7.89. The van der Waals surface area contributed by atoms with E-state index < -0.39 is 10.0 Å². The van der Waals surface area contributed by atoms with Gasteiger partial charge in [-0.25, -0.2) is 17.9 Å². The van der Waals surface area contributed by atoms with Crippen LogP contribution in [0.25, 0.3) is 0 Å². The lowest BCUT2D eigenvalue weighted by molar-refractivity contribution is 0.251. The summed E-state index contributed by atoms with van der Waals surface area (Å²) >= 11 is 0. The van der Waals surface area contributed by atoms with Crippen LogP contribution in [0.1, 0.15) is 18.9 Å². The molecule has 0 spiro atoms. The van der Waals surface area contributed by atoms with Gasteiger partial charge in [0.1, 0.15) is 0 Å². The molecule has 2 rings (SSSR count). The summed E-state index contributed by atoms with van der Waals surface area (Å²) in [6.45, 7) is 2.65. The summed E-state index contributed by atoms with van der Waals surface area (Å²) in [6.07, 6.45) is 4.03. The van der Waals surface area contributed by atoms with Crippen LogP contribution in [0.4, 0.5) is 10.5 Å². The fraction of sp³-hybridized carbons (Fsp3) is 0.250. The summed E-state index contributed by atoms with van der Waals surface area (Å²) in [7, 11) is -3.50. The molecule has 0 aliphatic rings. The minimum Gasteiger partial charge on any atom is -0.334 e. The van der Waals surface area contributed by atoms with Gasteiger partial charge in [0.15, 0.2) is 0 Å². The second kappa shape index (κ2) is 8.42. The molecule has 0 aliphatic carbocycles. The summed E-state index contributed by atoms with van der Waals surface area (Å²) in [5.74, 6) is 0. The van der Waals surface area contributed by atoms with E-state index in [1.807, 2.05) is 19.1 Å². The number of nitrogens with one attached hydrogen (secondary N) is 3. The summed E-state index contributed by atoms with van der Waals surface area (Å²) < 4.78 is 26.4. The molecule has 1 aromatic carbocycles. The van der Waals surface area contributed by atoms with E-state index in [2.05, 4.69) is 20.3 Å². The zero-order chi connectivity index (χ0) is 17.4. The largest absolute Gasteiger partial charge is 0.334 e. The predicted octanol–water partition coefficient (Wildman–Crippen LogP) is 2.09. The Hall–Kier alpha value is -2.45. The Kier molecular flexibility index (Phi) is 6.28. The molecule has 24 heavy (non-hydrogen) atoms. The number of hydrogen-bond donors (Lipinski definition) is 3. The predicted molar refractivity (Wildman–Crippen MR) is 92.0 cm³/mol. The SMILES string of the molecule is CCCNS(=O)(=O)c1ccc(NC(=O)NCc2ccncc2)cc1. The van der Waals surface area contributed by atoms with Crippen molar-refractivity contribution in [3.63, 3.8) is 0 Å². The molecular weight excluding hydrogens is 328 g/mol. The van der Waals surface area contributed by atoms with Gasteiger partial charge < -0.3 is 10.6 Å². The lowest BCUT2D eigenvalue weighted by Crippen LogP contribution is -2.28. The van der Waals surface area contributed by atoms with E-state index in [1.54, 1.807) is 24.5 Å². The number of nitrogens with zero attached hydrogens (tertiary/aromatic N) is 1. The van der Waals surface area contributed by atoms with E-state index in [0.29, 0.717) is 18.8 Å². The van der Waals surface area contributed by atoms with Crippen molar-refractivity contribution >= 4 is 21.7 Å². The quantitative estimate of drug-likeness (QED) is 0.713. The molecule has 0 radical (unpaired) electrons. The molecular formula is C16H20N4O3S. The molecule has 1 aromatic heterocycles. The average molecular weight is 348 g/mol. The Bertz CT molecular complexity index is 762. The molecule has 0 fully saturated rings. The molecule has 2 amide bonds. The Morgan fingerprint density at radius 2 is 1.75 bits per heavy atom. The Morgan fingerprint density at radius 3 is 2.38 bits per heavy atom. The number of carbonyl (C=O) groups excluding carboxylic acids is 1. The maximum atomic E-state index is 12.0. The number of amides is 2. The zero-order valence-corrected chi connectivity index (χ0v) is 14.1. The van der Waals surface area contributed by atoms with E-state index in [0.717, 1.165) is 12.0 Å². The Morgan fingerprint density at radius 1 is 1.08 bits per heavy atom. The van der Waals surface area contributed by atoms with Crippen LogP contribution < -0.4 is 15.4 Å². The van der Waals surface area contributed by atoms with Gasteiger partial charge in [-0.2, -0.15) is 0 Å². The van der Waals surface area contributed by atoms with Gasteiger partial charge in [0, 0.05) is 31.2 Å². The average Bonchev–Trinajstić information content (AvgIpc) is 2.60. The minimum atomic E-state index is -3.50. The molecule has 1 heterocycles. The van der Waals surface area contributed by atoms with Crippen LogP contribution in [0.2, 0.25) is 0 Å². The van der Waals surface area contributed by atoms with Gasteiger partial charge in [0.2, 0.25) is 10.0 Å². The number of aromatic nitrogens is 1. The topological polar surface area (TPSA) is 100 Å². The number of benzene rings is 1. The maximum absolute atomic E-state index is 12.0. The first-order valence-corrected chi connectivity index (χ1v) is 9.03. The fourth-order valence-electron chi connectivity index (χ4n) is 1.90. The third-order valence-electron chi connectivity index (χ3n) is 3.17. The van der Waals surface area contributed by atoms with Crippen molar-refractivity contribution in [1.29, 1.82) is 0 Å². The number of rotatable bonds is 7. The summed E-state index contributed by atoms with van der Waals surface area (Å²) in [6, 6.07) is 9.25. The molecule has 0 aliphatic heterocycles. The fourth-order valence-corrected chi connectivity index (χ4v) is 3.03. The van der Waals surface area contributed by atoms with Crippen molar-refractivity contribution < 1.29 is 13.2 Å². The lowest BCUT2D eigenvalue weighted by atomic mass is 10.3. The first-order valence-electron chi connectivity index (χ1n) is 7.55. The van der Waals surface area contributed by atoms with Crippen molar-refractivity contribution in [3.05, 3.63) is 54.4 Å². The summed E-state index contributed by atoms with van der Waals surface area (Å²) in [5.41, 5.74) is 1.44. The Labute approximate surface area is 141 Å². The van der Waals surface area contributed by atoms with Gasteiger partial charge >= 0.3 is 6.03 Å². The molecule has 2 aromatic rings. The molecule has 0 atom stereocenters. The molecule has 0 bridgehead atoms. The van der Waals surface area contributed by atoms with E-state index in [9.17, 15) is 13.2 Å². The summed E-state index contributed by atoms with van der Waals surface area (Å²) in [4.78, 5) is 15.9. The van der Waals surface area contributed by atoms with Crippen molar-refractivity contribution in [1.82, 2.24) is 15.0 Å². The number of carbonyl (C=O) groups is 1. The molecule has 8 heteroatoms. The van der Waals surface area contributed by atoms with Crippen LogP contribution >= 0.6 is 0 Å². The molecule has 128 valence electrons. The van der Waals surface area contributed by atoms with Crippen LogP contribution in [0.5, 0.6) is 0 Å². The second-order valence-electron chi connectivity index (χ2n) is 5.09. The van der Waals surface area contributed by atoms with Crippen LogP contribution in [-0.2, 0) is 16.6 Å². The van der Waals surface area contributed by atoms with Crippen LogP contribution in [0.3, 0.4) is 0 Å². The van der Waals surface area contributed by atoms with E-state index >= 15 is 0 Å². The molecule has 3 N–H and O–H groups in total. The number of urea groups is 1.